The molecule has 0 bridgehead atoms. The molecule has 1 heterocycles. The van der Waals surface area contributed by atoms with Crippen LogP contribution in [0.3, 0.4) is 0 Å². The highest BCUT2D eigenvalue weighted by Crippen LogP contribution is 2.39. The number of ether oxygens (including phenoxy) is 2. The van der Waals surface area contributed by atoms with E-state index in [1.807, 2.05) is 0 Å². The minimum Gasteiger partial charge on any atom is -0.497 e. The summed E-state index contributed by atoms with van der Waals surface area (Å²) in [6.45, 7) is 0. The maximum Gasteiger partial charge on any atom is 0.279 e. The van der Waals surface area contributed by atoms with E-state index in [9.17, 15) is 12.8 Å². The maximum absolute atomic E-state index is 14.7. The van der Waals surface area contributed by atoms with Crippen LogP contribution in [0.1, 0.15) is 23.6 Å². The van der Waals surface area contributed by atoms with Gasteiger partial charge in [0.25, 0.3) is 10.0 Å². The van der Waals surface area contributed by atoms with Crippen LogP contribution in [0.25, 0.3) is 0 Å². The van der Waals surface area contributed by atoms with E-state index in [4.69, 9.17) is 9.47 Å². The Bertz CT molecular complexity index is 1210. The lowest BCUT2D eigenvalue weighted by atomic mass is 9.98. The van der Waals surface area contributed by atoms with Crippen LogP contribution in [-0.2, 0) is 10.0 Å². The Hall–Kier alpha value is -3.39. The smallest absolute Gasteiger partial charge is 0.279 e. The van der Waals surface area contributed by atoms with Crippen LogP contribution in [0.5, 0.6) is 11.5 Å². The van der Waals surface area contributed by atoms with Crippen molar-refractivity contribution < 1.29 is 22.3 Å². The van der Waals surface area contributed by atoms with Crippen LogP contribution in [0.4, 0.5) is 4.39 Å². The molecular formula is C23H21FN2O4S. The zero-order valence-corrected chi connectivity index (χ0v) is 17.8. The van der Waals surface area contributed by atoms with E-state index in [1.54, 1.807) is 54.6 Å². The molecule has 0 radical (unpaired) electrons. The monoisotopic (exact) mass is 440 g/mol. The third-order valence-corrected chi connectivity index (χ3v) is 6.81. The second-order valence-electron chi connectivity index (χ2n) is 6.98. The van der Waals surface area contributed by atoms with Gasteiger partial charge in [-0.05, 0) is 30.3 Å². The van der Waals surface area contributed by atoms with Crippen molar-refractivity contribution in [2.75, 3.05) is 14.2 Å². The molecular weight excluding hydrogens is 419 g/mol. The second-order valence-corrected chi connectivity index (χ2v) is 8.78. The van der Waals surface area contributed by atoms with Gasteiger partial charge in [0.1, 0.15) is 17.3 Å². The molecule has 0 fully saturated rings. The molecule has 0 spiro atoms. The quantitative estimate of drug-likeness (QED) is 0.570. The van der Waals surface area contributed by atoms with E-state index in [0.29, 0.717) is 22.8 Å². The molecule has 160 valence electrons. The number of methoxy groups -OCH3 is 2. The van der Waals surface area contributed by atoms with E-state index >= 15 is 0 Å². The van der Waals surface area contributed by atoms with Gasteiger partial charge in [-0.2, -0.15) is 17.9 Å². The molecule has 4 rings (SSSR count). The Labute approximate surface area is 180 Å². The molecule has 1 aliphatic heterocycles. The number of nitrogens with zero attached hydrogens (tertiary/aromatic N) is 2. The molecule has 1 atom stereocenters. The van der Waals surface area contributed by atoms with Gasteiger partial charge in [-0.15, -0.1) is 0 Å². The Morgan fingerprint density at radius 3 is 2.16 bits per heavy atom. The summed E-state index contributed by atoms with van der Waals surface area (Å²) in [6, 6.07) is 18.5. The van der Waals surface area contributed by atoms with Crippen molar-refractivity contribution in [1.29, 1.82) is 0 Å². The fourth-order valence-corrected chi connectivity index (χ4v) is 4.98. The van der Waals surface area contributed by atoms with Crippen molar-refractivity contribution in [1.82, 2.24) is 4.41 Å². The summed E-state index contributed by atoms with van der Waals surface area (Å²) in [7, 11) is -0.946. The molecule has 0 unspecified atom stereocenters. The van der Waals surface area contributed by atoms with Gasteiger partial charge < -0.3 is 9.47 Å². The van der Waals surface area contributed by atoms with E-state index in [1.165, 1.54) is 32.4 Å². The van der Waals surface area contributed by atoms with Crippen LogP contribution in [0, 0.1) is 5.82 Å². The van der Waals surface area contributed by atoms with Gasteiger partial charge in [0, 0.05) is 23.6 Å². The average molecular weight is 440 g/mol. The molecule has 8 heteroatoms. The van der Waals surface area contributed by atoms with Crippen LogP contribution >= 0.6 is 0 Å². The van der Waals surface area contributed by atoms with Gasteiger partial charge in [0.2, 0.25) is 0 Å². The molecule has 0 N–H and O–H groups in total. The molecule has 0 saturated carbocycles. The molecule has 0 aliphatic carbocycles. The molecule has 0 amide bonds. The van der Waals surface area contributed by atoms with Crippen LogP contribution < -0.4 is 9.47 Å². The normalized spacial score (nSPS) is 16.2. The minimum atomic E-state index is -4.01. The predicted molar refractivity (Wildman–Crippen MR) is 115 cm³/mol. The van der Waals surface area contributed by atoms with Gasteiger partial charge >= 0.3 is 0 Å². The van der Waals surface area contributed by atoms with Crippen molar-refractivity contribution >= 4 is 15.7 Å². The molecule has 31 heavy (non-hydrogen) atoms. The summed E-state index contributed by atoms with van der Waals surface area (Å²) in [5, 5.41) is 4.44. The van der Waals surface area contributed by atoms with Crippen molar-refractivity contribution in [3.63, 3.8) is 0 Å². The first-order valence-electron chi connectivity index (χ1n) is 9.59. The number of benzene rings is 3. The Morgan fingerprint density at radius 1 is 0.935 bits per heavy atom. The second kappa shape index (κ2) is 8.39. The van der Waals surface area contributed by atoms with Gasteiger partial charge in [0.05, 0.1) is 30.9 Å². The van der Waals surface area contributed by atoms with E-state index in [-0.39, 0.29) is 16.9 Å². The number of hydrazone groups is 1. The summed E-state index contributed by atoms with van der Waals surface area (Å²) in [6.07, 6.45) is 0.198. The summed E-state index contributed by atoms with van der Waals surface area (Å²) >= 11 is 0. The Morgan fingerprint density at radius 2 is 1.55 bits per heavy atom. The van der Waals surface area contributed by atoms with E-state index in [2.05, 4.69) is 5.10 Å². The number of rotatable bonds is 6. The van der Waals surface area contributed by atoms with Gasteiger partial charge in [-0.1, -0.05) is 36.4 Å². The zero-order valence-electron chi connectivity index (χ0n) is 17.0. The molecule has 1 aliphatic rings. The number of sulfonamides is 1. The first kappa shape index (κ1) is 20.9. The Balaban J connectivity index is 1.84. The fraction of sp³-hybridized carbons (Fsp3) is 0.174. The lowest BCUT2D eigenvalue weighted by molar-refractivity contribution is 0.362. The largest absolute Gasteiger partial charge is 0.497 e. The van der Waals surface area contributed by atoms with Crippen LogP contribution in [-0.4, -0.2) is 32.8 Å². The highest BCUT2D eigenvalue weighted by molar-refractivity contribution is 7.89. The zero-order chi connectivity index (χ0) is 22.0. The van der Waals surface area contributed by atoms with Crippen molar-refractivity contribution in [2.45, 2.75) is 17.4 Å². The number of halogens is 1. The van der Waals surface area contributed by atoms with Crippen molar-refractivity contribution in [3.05, 3.63) is 89.7 Å². The fourth-order valence-electron chi connectivity index (χ4n) is 3.54. The van der Waals surface area contributed by atoms with Gasteiger partial charge in [-0.25, -0.2) is 4.39 Å². The lowest BCUT2D eigenvalue weighted by Gasteiger charge is -2.23. The number of hydrogen-bond acceptors (Lipinski definition) is 5. The van der Waals surface area contributed by atoms with Crippen molar-refractivity contribution in [3.8, 4) is 11.5 Å². The summed E-state index contributed by atoms with van der Waals surface area (Å²) in [5.41, 5.74) is 1.39. The number of hydrogen-bond donors (Lipinski definition) is 0. The summed E-state index contributed by atoms with van der Waals surface area (Å²) < 4.78 is 53.1. The highest BCUT2D eigenvalue weighted by Gasteiger charge is 2.39. The molecule has 6 nitrogen and oxygen atoms in total. The average Bonchev–Trinajstić information content (AvgIpc) is 3.26. The maximum atomic E-state index is 14.7. The Kier molecular flexibility index (Phi) is 5.65. The highest BCUT2D eigenvalue weighted by atomic mass is 32.2. The van der Waals surface area contributed by atoms with Gasteiger partial charge in [-0.3, -0.25) is 0 Å². The van der Waals surface area contributed by atoms with Gasteiger partial charge in [0.15, 0.2) is 0 Å². The summed E-state index contributed by atoms with van der Waals surface area (Å²) in [5.74, 6) is 0.605. The predicted octanol–water partition coefficient (Wildman–Crippen LogP) is 4.38. The SMILES string of the molecule is COc1cc(OC)cc(C2=NN(S(=O)(=O)c3ccccc3)[C@H](c3ccccc3F)C2)c1. The first-order valence-corrected chi connectivity index (χ1v) is 11.0. The first-order chi connectivity index (χ1) is 14.9. The molecule has 3 aromatic rings. The third-order valence-electron chi connectivity index (χ3n) is 5.11. The van der Waals surface area contributed by atoms with E-state index in [0.717, 1.165) is 4.41 Å². The lowest BCUT2D eigenvalue weighted by Crippen LogP contribution is -2.27. The standard InChI is InChI=1S/C23H21FN2O4S/c1-29-17-12-16(13-18(14-17)30-2)22-15-23(20-10-6-7-11-21(20)24)26(25-22)31(27,28)19-8-4-3-5-9-19/h3-14,23H,15H2,1-2H3/t23-/m0/s1. The van der Waals surface area contributed by atoms with Crippen molar-refractivity contribution in [2.24, 2.45) is 5.10 Å². The van der Waals surface area contributed by atoms with E-state index < -0.39 is 21.9 Å². The molecule has 0 aromatic heterocycles. The van der Waals surface area contributed by atoms with Crippen LogP contribution in [0.15, 0.2) is 82.8 Å². The topological polar surface area (TPSA) is 68.2 Å². The minimum absolute atomic E-state index is 0.0876. The third kappa shape index (κ3) is 3.98. The molecule has 3 aromatic carbocycles. The molecule has 0 saturated heterocycles. The summed E-state index contributed by atoms with van der Waals surface area (Å²) in [4.78, 5) is 0.0876. The van der Waals surface area contributed by atoms with Crippen LogP contribution in [0.2, 0.25) is 0 Å².